The van der Waals surface area contributed by atoms with Crippen molar-refractivity contribution in [3.63, 3.8) is 0 Å². The molecule has 0 bridgehead atoms. The van der Waals surface area contributed by atoms with Crippen molar-refractivity contribution in [3.05, 3.63) is 24.8 Å². The van der Waals surface area contributed by atoms with Crippen LogP contribution in [0.15, 0.2) is 24.8 Å². The summed E-state index contributed by atoms with van der Waals surface area (Å²) in [7, 11) is 0. The molecule has 0 aliphatic rings. The normalized spacial score (nSPS) is 8.06. The molecule has 0 amide bonds. The Morgan fingerprint density at radius 1 is 1.19 bits per heavy atom. The first-order valence-corrected chi connectivity index (χ1v) is 5.05. The van der Waals surface area contributed by atoms with E-state index >= 15 is 0 Å². The number of guanidine groups is 1. The van der Waals surface area contributed by atoms with E-state index in [0.29, 0.717) is 0 Å². The van der Waals surface area contributed by atoms with Gasteiger partial charge in [-0.15, -0.1) is 0 Å². The van der Waals surface area contributed by atoms with E-state index in [-0.39, 0.29) is 35.5 Å². The molecule has 0 saturated heterocycles. The fourth-order valence-corrected chi connectivity index (χ4v) is 0.851. The SMILES string of the molecule is CCCCCNC(=N)N.[NaH].c1cnccn1. The molecule has 0 aromatic carbocycles. The zero-order valence-electron chi connectivity index (χ0n) is 9.11. The molecule has 0 saturated carbocycles. The van der Waals surface area contributed by atoms with Crippen LogP contribution in [-0.4, -0.2) is 52.0 Å². The Bertz CT molecular complexity index is 216. The number of hydrogen-bond acceptors (Lipinski definition) is 3. The molecule has 0 atom stereocenters. The third-order valence-electron chi connectivity index (χ3n) is 1.57. The second-order valence-corrected chi connectivity index (χ2v) is 2.94. The van der Waals surface area contributed by atoms with Crippen LogP contribution in [-0.2, 0) is 0 Å². The van der Waals surface area contributed by atoms with Crippen LogP contribution in [0.4, 0.5) is 0 Å². The van der Waals surface area contributed by atoms with Gasteiger partial charge in [0.2, 0.25) is 0 Å². The summed E-state index contributed by atoms with van der Waals surface area (Å²) in [5.74, 6) is 0.0751. The van der Waals surface area contributed by atoms with Crippen molar-refractivity contribution in [2.45, 2.75) is 26.2 Å². The van der Waals surface area contributed by atoms with Crippen LogP contribution in [0.2, 0.25) is 0 Å². The van der Waals surface area contributed by atoms with Crippen LogP contribution in [0.5, 0.6) is 0 Å². The number of rotatable bonds is 4. The van der Waals surface area contributed by atoms with E-state index in [4.69, 9.17) is 11.1 Å². The molecule has 1 heterocycles. The number of nitrogens with zero attached hydrogens (tertiary/aromatic N) is 2. The van der Waals surface area contributed by atoms with Crippen LogP contribution in [0, 0.1) is 5.41 Å². The van der Waals surface area contributed by atoms with Gasteiger partial charge in [-0.1, -0.05) is 19.8 Å². The molecule has 86 valence electrons. The third kappa shape index (κ3) is 15.8. The molecule has 0 unspecified atom stereocenters. The van der Waals surface area contributed by atoms with Crippen molar-refractivity contribution in [2.75, 3.05) is 6.54 Å². The van der Waals surface area contributed by atoms with Gasteiger partial charge >= 0.3 is 29.6 Å². The molecule has 5 nitrogen and oxygen atoms in total. The van der Waals surface area contributed by atoms with Gasteiger partial charge in [0.05, 0.1) is 0 Å². The number of nitrogens with one attached hydrogen (secondary N) is 2. The molecular weight excluding hydrogens is 213 g/mol. The Morgan fingerprint density at radius 2 is 1.69 bits per heavy atom. The molecule has 16 heavy (non-hydrogen) atoms. The van der Waals surface area contributed by atoms with Crippen molar-refractivity contribution in [3.8, 4) is 0 Å². The topological polar surface area (TPSA) is 87.7 Å². The summed E-state index contributed by atoms with van der Waals surface area (Å²) in [6.07, 6.45) is 10.1. The summed E-state index contributed by atoms with van der Waals surface area (Å²) in [6.45, 7) is 2.98. The Morgan fingerprint density at radius 3 is 2.00 bits per heavy atom. The molecule has 1 aromatic rings. The van der Waals surface area contributed by atoms with Crippen LogP contribution >= 0.6 is 0 Å². The molecule has 4 N–H and O–H groups in total. The molecular formula is C10H20N5Na. The summed E-state index contributed by atoms with van der Waals surface area (Å²) in [4.78, 5) is 7.44. The summed E-state index contributed by atoms with van der Waals surface area (Å²) in [6, 6.07) is 0. The Hall–Kier alpha value is -0.650. The Balaban J connectivity index is 0. The van der Waals surface area contributed by atoms with Gasteiger partial charge < -0.3 is 11.1 Å². The number of hydrogen-bond donors (Lipinski definition) is 3. The van der Waals surface area contributed by atoms with E-state index < -0.39 is 0 Å². The van der Waals surface area contributed by atoms with Gasteiger partial charge in [0.25, 0.3) is 0 Å². The summed E-state index contributed by atoms with van der Waals surface area (Å²) < 4.78 is 0. The van der Waals surface area contributed by atoms with E-state index in [1.165, 1.54) is 12.8 Å². The molecule has 0 radical (unpaired) electrons. The van der Waals surface area contributed by atoms with E-state index in [2.05, 4.69) is 22.2 Å². The molecule has 1 aromatic heterocycles. The first-order valence-electron chi connectivity index (χ1n) is 5.05. The average molecular weight is 233 g/mol. The van der Waals surface area contributed by atoms with E-state index in [1.54, 1.807) is 24.8 Å². The molecule has 1 rings (SSSR count). The van der Waals surface area contributed by atoms with Gasteiger partial charge in [-0.3, -0.25) is 15.4 Å². The molecule has 0 aliphatic heterocycles. The zero-order valence-corrected chi connectivity index (χ0v) is 9.11. The van der Waals surface area contributed by atoms with Gasteiger partial charge in [0.15, 0.2) is 5.96 Å². The Labute approximate surface area is 119 Å². The molecule has 0 aliphatic carbocycles. The van der Waals surface area contributed by atoms with Gasteiger partial charge in [0.1, 0.15) is 0 Å². The second kappa shape index (κ2) is 14.3. The van der Waals surface area contributed by atoms with Crippen molar-refractivity contribution in [2.24, 2.45) is 5.73 Å². The smallest absolute Gasteiger partial charge is 0.0451 e. The van der Waals surface area contributed by atoms with Gasteiger partial charge in [-0.05, 0) is 6.42 Å². The van der Waals surface area contributed by atoms with Crippen molar-refractivity contribution >= 4 is 35.5 Å². The van der Waals surface area contributed by atoms with Crippen molar-refractivity contribution in [1.29, 1.82) is 5.41 Å². The minimum Gasteiger partial charge on any atom is -0.262 e. The Kier molecular flexibility index (Phi) is 15.9. The fourth-order valence-electron chi connectivity index (χ4n) is 0.851. The number of unbranched alkanes of at least 4 members (excludes halogenated alkanes) is 2. The van der Waals surface area contributed by atoms with Gasteiger partial charge in [0, 0.05) is 31.3 Å². The largest absolute Gasteiger partial charge is 0.262 e. The van der Waals surface area contributed by atoms with E-state index in [1.807, 2.05) is 0 Å². The van der Waals surface area contributed by atoms with Gasteiger partial charge in [-0.2, -0.15) is 0 Å². The maximum Gasteiger partial charge on any atom is 0.0451 e. The monoisotopic (exact) mass is 233 g/mol. The predicted molar refractivity (Wildman–Crippen MR) is 68.6 cm³/mol. The molecule has 0 spiro atoms. The first kappa shape index (κ1) is 17.7. The summed E-state index contributed by atoms with van der Waals surface area (Å²) >= 11 is 0. The average Bonchev–Trinajstić information content (AvgIpc) is 2.28. The van der Waals surface area contributed by atoms with E-state index in [9.17, 15) is 0 Å². The van der Waals surface area contributed by atoms with Crippen LogP contribution < -0.4 is 11.1 Å². The predicted octanol–water partition coefficient (Wildman–Crippen LogP) is 0.488. The third-order valence-corrected chi connectivity index (χ3v) is 1.57. The fraction of sp³-hybridized carbons (Fsp3) is 0.500. The summed E-state index contributed by atoms with van der Waals surface area (Å²) in [5.41, 5.74) is 5.05. The second-order valence-electron chi connectivity index (χ2n) is 2.94. The van der Waals surface area contributed by atoms with Crippen LogP contribution in [0.3, 0.4) is 0 Å². The van der Waals surface area contributed by atoms with Crippen LogP contribution in [0.25, 0.3) is 0 Å². The number of nitrogens with two attached hydrogens (primary N) is 1. The van der Waals surface area contributed by atoms with Crippen molar-refractivity contribution in [1.82, 2.24) is 15.3 Å². The van der Waals surface area contributed by atoms with E-state index in [0.717, 1.165) is 13.0 Å². The maximum atomic E-state index is 6.80. The molecule has 0 fully saturated rings. The van der Waals surface area contributed by atoms with Crippen molar-refractivity contribution < 1.29 is 0 Å². The van der Waals surface area contributed by atoms with Gasteiger partial charge in [-0.25, -0.2) is 0 Å². The van der Waals surface area contributed by atoms with Crippen LogP contribution in [0.1, 0.15) is 26.2 Å². The quantitative estimate of drug-likeness (QED) is 0.305. The maximum absolute atomic E-state index is 6.80. The first-order chi connectivity index (χ1) is 7.27. The number of aromatic nitrogens is 2. The minimum absolute atomic E-state index is 0. The standard InChI is InChI=1S/C6H15N3.C4H4N2.Na.H/c1-2-3-4-5-9-6(7)8;1-2-6-4-3-5-1;;/h2-5H2,1H3,(H4,7,8,9);1-4H;;. The minimum atomic E-state index is 0. The molecule has 6 heteroatoms. The zero-order chi connectivity index (χ0) is 11.4. The summed E-state index contributed by atoms with van der Waals surface area (Å²) in [5, 5.41) is 9.54.